The lowest BCUT2D eigenvalue weighted by atomic mass is 9.98. The van der Waals surface area contributed by atoms with E-state index in [1.54, 1.807) is 10.8 Å². The molecule has 0 radical (unpaired) electrons. The van der Waals surface area contributed by atoms with Gasteiger partial charge in [0.25, 0.3) is 0 Å². The zero-order valence-corrected chi connectivity index (χ0v) is 13.1. The first-order valence-electron chi connectivity index (χ1n) is 7.43. The molecule has 3 rings (SSSR count). The molecule has 6 nitrogen and oxygen atoms in total. The largest absolute Gasteiger partial charge is 0.368 e. The molecule has 1 fully saturated rings. The average Bonchev–Trinajstić information content (AvgIpc) is 2.98. The topological polar surface area (TPSA) is 83.0 Å². The van der Waals surface area contributed by atoms with Crippen LogP contribution in [0.1, 0.15) is 45.8 Å². The second kappa shape index (κ2) is 5.73. The van der Waals surface area contributed by atoms with Crippen molar-refractivity contribution in [2.24, 2.45) is 5.92 Å². The van der Waals surface area contributed by atoms with Crippen molar-refractivity contribution in [3.05, 3.63) is 15.9 Å². The molecule has 0 aliphatic carbocycles. The molecule has 3 heterocycles. The van der Waals surface area contributed by atoms with Gasteiger partial charge in [0.2, 0.25) is 5.95 Å². The molecule has 1 aliphatic rings. The monoisotopic (exact) mass is 308 g/mol. The van der Waals surface area contributed by atoms with Gasteiger partial charge in [0.15, 0.2) is 5.65 Å². The Bertz CT molecular complexity index is 696. The van der Waals surface area contributed by atoms with E-state index in [1.807, 2.05) is 0 Å². The summed E-state index contributed by atoms with van der Waals surface area (Å²) in [7, 11) is 0. The Kier molecular flexibility index (Phi) is 3.95. The number of nitrogens with zero attached hydrogens (tertiary/aromatic N) is 3. The molecule has 0 spiro atoms. The van der Waals surface area contributed by atoms with Gasteiger partial charge in [-0.2, -0.15) is 4.98 Å². The summed E-state index contributed by atoms with van der Waals surface area (Å²) in [5.41, 5.74) is 6.26. The fourth-order valence-electron chi connectivity index (χ4n) is 3.04. The number of hydrogen-bond acceptors (Lipinski definition) is 6. The van der Waals surface area contributed by atoms with Gasteiger partial charge in [0.1, 0.15) is 6.23 Å². The molecule has 1 saturated heterocycles. The van der Waals surface area contributed by atoms with Crippen LogP contribution in [0.2, 0.25) is 0 Å². The van der Waals surface area contributed by atoms with Crippen LogP contribution in [-0.2, 0) is 4.74 Å². The molecule has 21 heavy (non-hydrogen) atoms. The number of rotatable bonds is 4. The molecular formula is C14H20N4O2S. The van der Waals surface area contributed by atoms with E-state index in [0.29, 0.717) is 11.6 Å². The number of hydrogen-bond donors (Lipinski definition) is 1. The van der Waals surface area contributed by atoms with Crippen LogP contribution in [0.25, 0.3) is 10.3 Å². The summed E-state index contributed by atoms with van der Waals surface area (Å²) in [5, 5.41) is 0. The average molecular weight is 308 g/mol. The third-order valence-electron chi connectivity index (χ3n) is 4.07. The number of nitrogen functional groups attached to an aromatic ring is 1. The molecule has 7 heteroatoms. The summed E-state index contributed by atoms with van der Waals surface area (Å²) >= 11 is 1.15. The van der Waals surface area contributed by atoms with Gasteiger partial charge in [-0.25, -0.2) is 4.98 Å². The van der Waals surface area contributed by atoms with Gasteiger partial charge in [-0.1, -0.05) is 31.6 Å². The van der Waals surface area contributed by atoms with Gasteiger partial charge < -0.3 is 10.5 Å². The highest BCUT2D eigenvalue weighted by Crippen LogP contribution is 2.39. The van der Waals surface area contributed by atoms with E-state index in [4.69, 9.17) is 10.5 Å². The predicted octanol–water partition coefficient (Wildman–Crippen LogP) is 2.55. The molecule has 114 valence electrons. The maximum Gasteiger partial charge on any atom is 0.311 e. The Morgan fingerprint density at radius 3 is 3.05 bits per heavy atom. The lowest BCUT2D eigenvalue weighted by Crippen LogP contribution is -2.24. The van der Waals surface area contributed by atoms with Gasteiger partial charge in [0.05, 0.1) is 17.0 Å². The molecular weight excluding hydrogens is 288 g/mol. The minimum atomic E-state index is -0.234. The van der Waals surface area contributed by atoms with Crippen molar-refractivity contribution in [3.8, 4) is 0 Å². The normalized spacial score (nSPS) is 25.7. The summed E-state index contributed by atoms with van der Waals surface area (Å²) in [6.45, 7) is 4.29. The molecule has 2 N–H and O–H groups in total. The van der Waals surface area contributed by atoms with Crippen LogP contribution in [0, 0.1) is 5.92 Å². The summed E-state index contributed by atoms with van der Waals surface area (Å²) in [5.74, 6) is 0.526. The van der Waals surface area contributed by atoms with Crippen LogP contribution in [0.3, 0.4) is 0 Å². The van der Waals surface area contributed by atoms with Crippen LogP contribution in [0.15, 0.2) is 11.0 Å². The molecule has 0 bridgehead atoms. The fraction of sp³-hybridized carbons (Fsp3) is 0.643. The Morgan fingerprint density at radius 2 is 2.33 bits per heavy atom. The number of thiazole rings is 1. The summed E-state index contributed by atoms with van der Waals surface area (Å²) in [4.78, 5) is 20.5. The second-order valence-electron chi connectivity index (χ2n) is 5.50. The number of ether oxygens (including phenoxy) is 1. The van der Waals surface area contributed by atoms with Gasteiger partial charge >= 0.3 is 4.87 Å². The zero-order valence-electron chi connectivity index (χ0n) is 12.3. The molecule has 3 atom stereocenters. The first kappa shape index (κ1) is 14.5. The van der Waals surface area contributed by atoms with Crippen LogP contribution >= 0.6 is 11.3 Å². The van der Waals surface area contributed by atoms with Crippen LogP contribution in [0.4, 0.5) is 5.95 Å². The lowest BCUT2D eigenvalue weighted by Gasteiger charge is -2.18. The Labute approximate surface area is 127 Å². The highest BCUT2D eigenvalue weighted by atomic mass is 32.1. The predicted molar refractivity (Wildman–Crippen MR) is 83.3 cm³/mol. The van der Waals surface area contributed by atoms with E-state index >= 15 is 0 Å². The number of aromatic nitrogens is 3. The van der Waals surface area contributed by atoms with Crippen LogP contribution < -0.4 is 10.6 Å². The third kappa shape index (κ3) is 2.55. The van der Waals surface area contributed by atoms with Gasteiger partial charge in [-0.05, 0) is 19.3 Å². The van der Waals surface area contributed by atoms with Crippen molar-refractivity contribution in [1.82, 2.24) is 14.5 Å². The quantitative estimate of drug-likeness (QED) is 0.938. The van der Waals surface area contributed by atoms with Gasteiger partial charge in [0, 0.05) is 5.92 Å². The van der Waals surface area contributed by atoms with Crippen molar-refractivity contribution in [3.63, 3.8) is 0 Å². The standard InChI is InChI=1S/C14H20N4O2S/c1-3-5-9-6-8(4-2)12(20-9)18-11-10(21-14(18)19)7-16-13(15)17-11/h7-9,12H,3-6H2,1-2H3,(H2,15,16,17). The first-order valence-corrected chi connectivity index (χ1v) is 8.24. The van der Waals surface area contributed by atoms with E-state index in [9.17, 15) is 4.79 Å². The molecule has 0 aromatic carbocycles. The fourth-order valence-corrected chi connectivity index (χ4v) is 3.86. The van der Waals surface area contributed by atoms with Crippen molar-refractivity contribution < 1.29 is 4.74 Å². The zero-order chi connectivity index (χ0) is 15.0. The first-order chi connectivity index (χ1) is 10.1. The van der Waals surface area contributed by atoms with E-state index in [2.05, 4.69) is 23.8 Å². The maximum absolute atomic E-state index is 12.4. The Morgan fingerprint density at radius 1 is 1.52 bits per heavy atom. The number of nitrogens with two attached hydrogens (primary N) is 1. The Hall–Kier alpha value is -1.47. The molecule has 2 aromatic heterocycles. The number of anilines is 1. The van der Waals surface area contributed by atoms with E-state index < -0.39 is 0 Å². The highest BCUT2D eigenvalue weighted by molar-refractivity contribution is 7.16. The Balaban J connectivity index is 2.04. The minimum Gasteiger partial charge on any atom is -0.368 e. The molecule has 0 saturated carbocycles. The molecule has 3 unspecified atom stereocenters. The summed E-state index contributed by atoms with van der Waals surface area (Å²) in [6.07, 6.45) is 5.70. The van der Waals surface area contributed by atoms with E-state index in [1.165, 1.54) is 0 Å². The van der Waals surface area contributed by atoms with Gasteiger partial charge in [-0.3, -0.25) is 9.36 Å². The molecule has 1 aliphatic heterocycles. The smallest absolute Gasteiger partial charge is 0.311 e. The highest BCUT2D eigenvalue weighted by Gasteiger charge is 2.36. The van der Waals surface area contributed by atoms with Crippen LogP contribution in [-0.4, -0.2) is 20.6 Å². The SMILES string of the molecule is CCCC1CC(CC)C(n2c(=O)sc3cnc(N)nc32)O1. The van der Waals surface area contributed by atoms with Crippen molar-refractivity contribution in [2.75, 3.05) is 5.73 Å². The summed E-state index contributed by atoms with van der Waals surface area (Å²) < 4.78 is 8.57. The van der Waals surface area contributed by atoms with E-state index in [0.717, 1.165) is 41.7 Å². The van der Waals surface area contributed by atoms with Gasteiger partial charge in [-0.15, -0.1) is 0 Å². The van der Waals surface area contributed by atoms with Crippen LogP contribution in [0.5, 0.6) is 0 Å². The lowest BCUT2D eigenvalue weighted by molar-refractivity contribution is -0.0148. The molecule has 0 amide bonds. The minimum absolute atomic E-state index is 0.0505. The second-order valence-corrected chi connectivity index (χ2v) is 6.49. The van der Waals surface area contributed by atoms with Crippen molar-refractivity contribution in [1.29, 1.82) is 0 Å². The van der Waals surface area contributed by atoms with E-state index in [-0.39, 0.29) is 23.2 Å². The van der Waals surface area contributed by atoms with Crippen molar-refractivity contribution >= 4 is 27.6 Å². The maximum atomic E-state index is 12.4. The summed E-state index contributed by atoms with van der Waals surface area (Å²) in [6, 6.07) is 0. The van der Waals surface area contributed by atoms with Crippen molar-refractivity contribution in [2.45, 2.75) is 51.9 Å². The molecule has 2 aromatic rings. The number of fused-ring (bicyclic) bond motifs is 1. The third-order valence-corrected chi connectivity index (χ3v) is 4.95.